The van der Waals surface area contributed by atoms with Crippen LogP contribution in [0, 0.1) is 23.2 Å². The fourth-order valence-corrected chi connectivity index (χ4v) is 8.43. The predicted octanol–water partition coefficient (Wildman–Crippen LogP) is 6.36. The highest BCUT2D eigenvalue weighted by Crippen LogP contribution is 2.61. The van der Waals surface area contributed by atoms with E-state index in [-0.39, 0.29) is 12.5 Å². The van der Waals surface area contributed by atoms with Gasteiger partial charge in [0.1, 0.15) is 18.1 Å². The van der Waals surface area contributed by atoms with Crippen LogP contribution in [-0.2, 0) is 11.2 Å². The summed E-state index contributed by atoms with van der Waals surface area (Å²) in [6.45, 7) is -0.171. The molecule has 1 heterocycles. The van der Waals surface area contributed by atoms with Crippen molar-refractivity contribution in [3.8, 4) is 0 Å². The lowest BCUT2D eigenvalue weighted by atomic mass is 9.48. The molecule has 0 spiro atoms. The SMILES string of the molecule is O=C(O)CNc1cccc(NC(=O)c2nc(C3CCCCC3)[nH]c2CCC23CC4CC(CC(C4)C2)C3)c1. The number of nitrogens with one attached hydrogen (secondary N) is 3. The highest BCUT2D eigenvalue weighted by Gasteiger charge is 2.50. The fourth-order valence-electron chi connectivity index (χ4n) is 8.43. The second-order valence-electron chi connectivity index (χ2n) is 12.5. The highest BCUT2D eigenvalue weighted by molar-refractivity contribution is 6.04. The number of aliphatic carboxylic acids is 1. The third-order valence-corrected chi connectivity index (χ3v) is 9.64. The first kappa shape index (κ1) is 24.5. The lowest BCUT2D eigenvalue weighted by Crippen LogP contribution is -2.46. The van der Waals surface area contributed by atoms with Gasteiger partial charge in [-0.2, -0.15) is 0 Å². The number of imidazole rings is 1. The van der Waals surface area contributed by atoms with E-state index in [1.807, 2.05) is 12.1 Å². The predicted molar refractivity (Wildman–Crippen MR) is 144 cm³/mol. The summed E-state index contributed by atoms with van der Waals surface area (Å²) < 4.78 is 0. The maximum absolute atomic E-state index is 13.5. The van der Waals surface area contributed by atoms with Crippen LogP contribution in [0.25, 0.3) is 0 Å². The minimum Gasteiger partial charge on any atom is -0.480 e. The number of anilines is 2. The van der Waals surface area contributed by atoms with Gasteiger partial charge in [-0.3, -0.25) is 9.59 Å². The Kier molecular flexibility index (Phi) is 6.72. The molecule has 2 aromatic rings. The van der Waals surface area contributed by atoms with Crippen LogP contribution in [-0.4, -0.2) is 33.5 Å². The van der Waals surface area contributed by atoms with Crippen molar-refractivity contribution in [1.29, 1.82) is 0 Å². The lowest BCUT2D eigenvalue weighted by Gasteiger charge is -2.57. The average Bonchev–Trinajstić information content (AvgIpc) is 3.31. The monoisotopic (exact) mass is 504 g/mol. The summed E-state index contributed by atoms with van der Waals surface area (Å²) >= 11 is 0. The first-order chi connectivity index (χ1) is 17.9. The van der Waals surface area contributed by atoms with Gasteiger partial charge in [0.25, 0.3) is 5.91 Å². The quantitative estimate of drug-likeness (QED) is 0.318. The molecule has 5 fully saturated rings. The molecule has 1 amide bonds. The Hall–Kier alpha value is -2.83. The summed E-state index contributed by atoms with van der Waals surface area (Å²) in [6.07, 6.45) is 16.5. The van der Waals surface area contributed by atoms with Crippen molar-refractivity contribution in [2.45, 2.75) is 89.4 Å². The van der Waals surface area contributed by atoms with E-state index in [0.29, 0.717) is 28.4 Å². The first-order valence-corrected chi connectivity index (χ1v) is 14.4. The van der Waals surface area contributed by atoms with Gasteiger partial charge in [0.15, 0.2) is 0 Å². The molecule has 198 valence electrons. The highest BCUT2D eigenvalue weighted by atomic mass is 16.4. The molecular formula is C30H40N4O3. The van der Waals surface area contributed by atoms with Crippen molar-refractivity contribution in [2.24, 2.45) is 23.2 Å². The average molecular weight is 505 g/mol. The van der Waals surface area contributed by atoms with E-state index in [4.69, 9.17) is 10.1 Å². The topological polar surface area (TPSA) is 107 Å². The van der Waals surface area contributed by atoms with Gasteiger partial charge in [-0.1, -0.05) is 25.3 Å². The van der Waals surface area contributed by atoms with Gasteiger partial charge in [-0.25, -0.2) is 4.98 Å². The van der Waals surface area contributed by atoms with Crippen molar-refractivity contribution in [3.63, 3.8) is 0 Å². The van der Waals surface area contributed by atoms with Crippen LogP contribution < -0.4 is 10.6 Å². The summed E-state index contributed by atoms with van der Waals surface area (Å²) in [5.74, 6) is 3.07. The van der Waals surface area contributed by atoms with Gasteiger partial charge < -0.3 is 20.7 Å². The van der Waals surface area contributed by atoms with Crippen molar-refractivity contribution in [2.75, 3.05) is 17.2 Å². The number of rotatable bonds is 9. The summed E-state index contributed by atoms with van der Waals surface area (Å²) in [4.78, 5) is 33.0. The molecule has 5 saturated carbocycles. The summed E-state index contributed by atoms with van der Waals surface area (Å²) in [7, 11) is 0. The smallest absolute Gasteiger partial charge is 0.322 e. The zero-order valence-corrected chi connectivity index (χ0v) is 21.7. The summed E-state index contributed by atoms with van der Waals surface area (Å²) in [5, 5.41) is 14.8. The van der Waals surface area contributed by atoms with E-state index in [0.717, 1.165) is 55.0 Å². The second kappa shape index (κ2) is 10.1. The van der Waals surface area contributed by atoms with E-state index in [1.54, 1.807) is 12.1 Å². The normalized spacial score (nSPS) is 28.8. The molecule has 0 saturated heterocycles. The maximum Gasteiger partial charge on any atom is 0.322 e. The van der Waals surface area contributed by atoms with E-state index in [9.17, 15) is 9.59 Å². The number of nitrogens with zero attached hydrogens (tertiary/aromatic N) is 1. The maximum atomic E-state index is 13.5. The minimum atomic E-state index is -0.926. The Labute approximate surface area is 219 Å². The number of H-pyrrole nitrogens is 1. The molecule has 1 aromatic heterocycles. The van der Waals surface area contributed by atoms with E-state index >= 15 is 0 Å². The molecule has 5 aliphatic carbocycles. The molecule has 1 aromatic carbocycles. The molecule has 7 heteroatoms. The number of carbonyl (C=O) groups excluding carboxylic acids is 1. The van der Waals surface area contributed by atoms with Crippen LogP contribution in [0.5, 0.6) is 0 Å². The number of hydrogen-bond acceptors (Lipinski definition) is 4. The number of aromatic nitrogens is 2. The van der Waals surface area contributed by atoms with Crippen LogP contribution in [0.4, 0.5) is 11.4 Å². The number of hydrogen-bond donors (Lipinski definition) is 4. The van der Waals surface area contributed by atoms with Gasteiger partial charge >= 0.3 is 5.97 Å². The number of aromatic amines is 1. The standard InChI is InChI=1S/C30H40N4O3/c35-26(36)18-31-23-7-4-8-24(14-23)32-29(37)27-25(33-28(34-27)22-5-2-1-3-6-22)9-10-30-15-19-11-20(16-30)13-21(12-19)17-30/h4,7-8,14,19-22,31H,1-3,5-6,9-13,15-18H2,(H,32,37)(H,33,34)(H,35,36). The second-order valence-corrected chi connectivity index (χ2v) is 12.5. The Balaban J connectivity index is 1.20. The van der Waals surface area contributed by atoms with Crippen LogP contribution in [0.15, 0.2) is 24.3 Å². The molecular weight excluding hydrogens is 464 g/mol. The van der Waals surface area contributed by atoms with Crippen LogP contribution >= 0.6 is 0 Å². The zero-order valence-electron chi connectivity index (χ0n) is 21.7. The van der Waals surface area contributed by atoms with Gasteiger partial charge in [0, 0.05) is 23.0 Å². The van der Waals surface area contributed by atoms with Crippen molar-refractivity contribution >= 4 is 23.3 Å². The Morgan fingerprint density at radius 2 is 1.68 bits per heavy atom. The number of carboxylic acids is 1. The molecule has 4 bridgehead atoms. The van der Waals surface area contributed by atoms with Crippen LogP contribution in [0.2, 0.25) is 0 Å². The van der Waals surface area contributed by atoms with Gasteiger partial charge in [0.2, 0.25) is 0 Å². The van der Waals surface area contributed by atoms with E-state index < -0.39 is 5.97 Å². The number of carboxylic acid groups (broad SMARTS) is 1. The number of aryl methyl sites for hydroxylation is 1. The van der Waals surface area contributed by atoms with Gasteiger partial charge in [-0.05, 0) is 106 Å². The molecule has 0 unspecified atom stereocenters. The third-order valence-electron chi connectivity index (χ3n) is 9.64. The van der Waals surface area contributed by atoms with Crippen LogP contribution in [0.3, 0.4) is 0 Å². The summed E-state index contributed by atoms with van der Waals surface area (Å²) in [5.41, 5.74) is 3.29. The van der Waals surface area contributed by atoms with E-state index in [1.165, 1.54) is 57.8 Å². The van der Waals surface area contributed by atoms with Gasteiger partial charge in [-0.15, -0.1) is 0 Å². The zero-order chi connectivity index (χ0) is 25.4. The number of carbonyl (C=O) groups is 2. The molecule has 4 N–H and O–H groups in total. The minimum absolute atomic E-state index is 0.171. The molecule has 0 radical (unpaired) electrons. The molecule has 7 nitrogen and oxygen atoms in total. The van der Waals surface area contributed by atoms with E-state index in [2.05, 4.69) is 15.6 Å². The van der Waals surface area contributed by atoms with Crippen molar-refractivity contribution in [1.82, 2.24) is 9.97 Å². The van der Waals surface area contributed by atoms with Crippen molar-refractivity contribution in [3.05, 3.63) is 41.5 Å². The van der Waals surface area contributed by atoms with Crippen molar-refractivity contribution < 1.29 is 14.7 Å². The third kappa shape index (κ3) is 5.41. The molecule has 0 atom stereocenters. The Bertz CT molecular complexity index is 1110. The molecule has 5 aliphatic rings. The molecule has 0 aliphatic heterocycles. The first-order valence-electron chi connectivity index (χ1n) is 14.4. The molecule has 37 heavy (non-hydrogen) atoms. The van der Waals surface area contributed by atoms with Gasteiger partial charge in [0.05, 0.1) is 0 Å². The molecule has 7 rings (SSSR count). The van der Waals surface area contributed by atoms with Crippen LogP contribution in [0.1, 0.15) is 105 Å². The summed E-state index contributed by atoms with van der Waals surface area (Å²) in [6, 6.07) is 7.20. The Morgan fingerprint density at radius 1 is 1.00 bits per heavy atom. The largest absolute Gasteiger partial charge is 0.480 e. The number of benzene rings is 1. The fraction of sp³-hybridized carbons (Fsp3) is 0.633. The lowest BCUT2D eigenvalue weighted by molar-refractivity contribution is -0.134. The number of amides is 1. The Morgan fingerprint density at radius 3 is 2.35 bits per heavy atom.